The maximum absolute atomic E-state index is 10.9. The topological polar surface area (TPSA) is 44.1 Å². The number of aryl methyl sites for hydroxylation is 1. The van der Waals surface area contributed by atoms with Crippen LogP contribution in [-0.4, -0.2) is 16.1 Å². The molecule has 0 fully saturated rings. The predicted molar refractivity (Wildman–Crippen MR) is 84.6 cm³/mol. The minimum atomic E-state index is 0.362. The molecule has 3 rings (SSSR count). The van der Waals surface area contributed by atoms with E-state index in [1.54, 1.807) is 12.1 Å². The summed E-state index contributed by atoms with van der Waals surface area (Å²) >= 11 is 3.32. The van der Waals surface area contributed by atoms with Gasteiger partial charge >= 0.3 is 0 Å². The van der Waals surface area contributed by atoms with Gasteiger partial charge < -0.3 is 4.74 Å². The van der Waals surface area contributed by atoms with E-state index >= 15 is 0 Å². The standard InChI is InChI=1S/C16H13BrN2O2/c1-19-16-5-3-2-4-13(16)15(18-19)10-21-12-6-7-14(17)11(8-12)9-20/h2-9H,10H2,1H3. The molecule has 0 amide bonds. The van der Waals surface area contributed by atoms with Gasteiger partial charge in [-0.25, -0.2) is 0 Å². The fourth-order valence-electron chi connectivity index (χ4n) is 2.25. The van der Waals surface area contributed by atoms with Gasteiger partial charge in [-0.15, -0.1) is 0 Å². The van der Waals surface area contributed by atoms with Crippen molar-refractivity contribution in [3.63, 3.8) is 0 Å². The van der Waals surface area contributed by atoms with Gasteiger partial charge in [-0.3, -0.25) is 9.48 Å². The van der Waals surface area contributed by atoms with Crippen molar-refractivity contribution in [1.29, 1.82) is 0 Å². The smallest absolute Gasteiger partial charge is 0.151 e. The van der Waals surface area contributed by atoms with Crippen LogP contribution in [0.25, 0.3) is 10.9 Å². The lowest BCUT2D eigenvalue weighted by Gasteiger charge is -2.06. The van der Waals surface area contributed by atoms with Gasteiger partial charge in [0.25, 0.3) is 0 Å². The zero-order valence-electron chi connectivity index (χ0n) is 11.4. The average molecular weight is 345 g/mol. The average Bonchev–Trinajstić information content (AvgIpc) is 2.83. The zero-order valence-corrected chi connectivity index (χ0v) is 13.0. The van der Waals surface area contributed by atoms with E-state index in [1.807, 2.05) is 42.1 Å². The van der Waals surface area contributed by atoms with Gasteiger partial charge in [-0.05, 0) is 24.3 Å². The number of carbonyl (C=O) groups is 1. The predicted octanol–water partition coefficient (Wildman–Crippen LogP) is 3.73. The van der Waals surface area contributed by atoms with Crippen molar-refractivity contribution in [1.82, 2.24) is 9.78 Å². The molecule has 0 bridgehead atoms. The monoisotopic (exact) mass is 344 g/mol. The van der Waals surface area contributed by atoms with Crippen molar-refractivity contribution in [3.05, 3.63) is 58.2 Å². The van der Waals surface area contributed by atoms with E-state index in [0.29, 0.717) is 17.9 Å². The molecule has 4 nitrogen and oxygen atoms in total. The second kappa shape index (κ2) is 5.69. The number of ether oxygens (including phenoxy) is 1. The Morgan fingerprint density at radius 1 is 1.29 bits per heavy atom. The van der Waals surface area contributed by atoms with Crippen LogP contribution in [0.1, 0.15) is 16.1 Å². The first kappa shape index (κ1) is 13.8. The van der Waals surface area contributed by atoms with Crippen molar-refractivity contribution in [2.24, 2.45) is 7.05 Å². The second-order valence-corrected chi connectivity index (χ2v) is 5.53. The number of rotatable bonds is 4. The number of carbonyl (C=O) groups excluding carboxylic acids is 1. The number of hydrogen-bond acceptors (Lipinski definition) is 3. The summed E-state index contributed by atoms with van der Waals surface area (Å²) in [6, 6.07) is 13.4. The summed E-state index contributed by atoms with van der Waals surface area (Å²) in [5.74, 6) is 0.648. The molecular formula is C16H13BrN2O2. The van der Waals surface area contributed by atoms with Crippen LogP contribution in [0.5, 0.6) is 5.75 Å². The Hall–Kier alpha value is -2.14. The minimum absolute atomic E-state index is 0.362. The van der Waals surface area contributed by atoms with Crippen molar-refractivity contribution in [2.75, 3.05) is 0 Å². The Bertz CT molecular complexity index is 811. The number of aromatic nitrogens is 2. The molecule has 5 heteroatoms. The summed E-state index contributed by atoms with van der Waals surface area (Å²) in [7, 11) is 1.91. The summed E-state index contributed by atoms with van der Waals surface area (Å²) in [4.78, 5) is 10.9. The van der Waals surface area contributed by atoms with Crippen LogP contribution in [0.3, 0.4) is 0 Å². The highest BCUT2D eigenvalue weighted by atomic mass is 79.9. The molecule has 0 aliphatic rings. The van der Waals surface area contributed by atoms with Crippen LogP contribution < -0.4 is 4.74 Å². The van der Waals surface area contributed by atoms with E-state index in [0.717, 1.165) is 27.4 Å². The van der Waals surface area contributed by atoms with Crippen LogP contribution in [0.2, 0.25) is 0 Å². The largest absolute Gasteiger partial charge is 0.487 e. The summed E-state index contributed by atoms with van der Waals surface area (Å²) in [5, 5.41) is 5.55. The SMILES string of the molecule is Cn1nc(COc2ccc(Br)c(C=O)c2)c2ccccc21. The molecule has 0 aliphatic heterocycles. The molecule has 0 N–H and O–H groups in total. The third-order valence-corrected chi connectivity index (χ3v) is 4.03. The Labute approximate surface area is 130 Å². The van der Waals surface area contributed by atoms with Crippen LogP contribution in [0, 0.1) is 0 Å². The molecule has 0 unspecified atom stereocenters. The number of hydrogen-bond donors (Lipinski definition) is 0. The number of fused-ring (bicyclic) bond motifs is 1. The molecule has 0 atom stereocenters. The van der Waals surface area contributed by atoms with E-state index in [2.05, 4.69) is 21.0 Å². The molecule has 2 aromatic carbocycles. The first-order valence-electron chi connectivity index (χ1n) is 6.47. The molecule has 0 aliphatic carbocycles. The third kappa shape index (κ3) is 2.69. The molecule has 0 saturated heterocycles. The first-order chi connectivity index (χ1) is 10.2. The van der Waals surface area contributed by atoms with Gasteiger partial charge in [0, 0.05) is 22.5 Å². The highest BCUT2D eigenvalue weighted by molar-refractivity contribution is 9.10. The highest BCUT2D eigenvalue weighted by Gasteiger charge is 2.09. The normalized spacial score (nSPS) is 10.8. The van der Waals surface area contributed by atoms with Crippen molar-refractivity contribution in [3.8, 4) is 5.75 Å². The molecule has 0 spiro atoms. The Morgan fingerprint density at radius 2 is 2.10 bits per heavy atom. The van der Waals surface area contributed by atoms with E-state index < -0.39 is 0 Å². The van der Waals surface area contributed by atoms with Gasteiger partial charge in [-0.2, -0.15) is 5.10 Å². The molecule has 0 radical (unpaired) electrons. The van der Waals surface area contributed by atoms with Gasteiger partial charge in [0.1, 0.15) is 18.1 Å². The van der Waals surface area contributed by atoms with Crippen LogP contribution in [0.4, 0.5) is 0 Å². The van der Waals surface area contributed by atoms with Gasteiger partial charge in [-0.1, -0.05) is 34.1 Å². The molecule has 0 saturated carbocycles. The summed E-state index contributed by atoms with van der Waals surface area (Å²) in [6.45, 7) is 0.362. The van der Waals surface area contributed by atoms with Crippen molar-refractivity contribution >= 4 is 33.1 Å². The van der Waals surface area contributed by atoms with Gasteiger partial charge in [0.2, 0.25) is 0 Å². The van der Waals surface area contributed by atoms with Crippen molar-refractivity contribution in [2.45, 2.75) is 6.61 Å². The third-order valence-electron chi connectivity index (χ3n) is 3.30. The van der Waals surface area contributed by atoms with Gasteiger partial charge in [0.05, 0.1) is 5.52 Å². The quantitative estimate of drug-likeness (QED) is 0.677. The lowest BCUT2D eigenvalue weighted by Crippen LogP contribution is -1.99. The molecular weight excluding hydrogens is 332 g/mol. The number of halogens is 1. The maximum atomic E-state index is 10.9. The maximum Gasteiger partial charge on any atom is 0.151 e. The van der Waals surface area contributed by atoms with Crippen LogP contribution in [0.15, 0.2) is 46.9 Å². The lowest BCUT2D eigenvalue weighted by atomic mass is 10.2. The first-order valence-corrected chi connectivity index (χ1v) is 7.26. The van der Waals surface area contributed by atoms with E-state index in [1.165, 1.54) is 0 Å². The van der Waals surface area contributed by atoms with Crippen molar-refractivity contribution < 1.29 is 9.53 Å². The van der Waals surface area contributed by atoms with E-state index in [9.17, 15) is 4.79 Å². The van der Waals surface area contributed by atoms with E-state index in [4.69, 9.17) is 4.74 Å². The molecule has 1 heterocycles. The molecule has 21 heavy (non-hydrogen) atoms. The Balaban J connectivity index is 1.85. The Morgan fingerprint density at radius 3 is 2.90 bits per heavy atom. The molecule has 106 valence electrons. The summed E-state index contributed by atoms with van der Waals surface area (Å²) in [6.07, 6.45) is 0.799. The second-order valence-electron chi connectivity index (χ2n) is 4.68. The fourth-order valence-corrected chi connectivity index (χ4v) is 2.59. The summed E-state index contributed by atoms with van der Waals surface area (Å²) in [5.41, 5.74) is 2.52. The number of para-hydroxylation sites is 1. The molecule has 3 aromatic rings. The number of nitrogens with zero attached hydrogens (tertiary/aromatic N) is 2. The van der Waals surface area contributed by atoms with Gasteiger partial charge in [0.15, 0.2) is 6.29 Å². The summed E-state index contributed by atoms with van der Waals surface area (Å²) < 4.78 is 8.35. The highest BCUT2D eigenvalue weighted by Crippen LogP contribution is 2.23. The minimum Gasteiger partial charge on any atom is -0.487 e. The Kier molecular flexibility index (Phi) is 3.75. The zero-order chi connectivity index (χ0) is 14.8. The van der Waals surface area contributed by atoms with Crippen LogP contribution >= 0.6 is 15.9 Å². The number of benzene rings is 2. The van der Waals surface area contributed by atoms with E-state index in [-0.39, 0.29) is 0 Å². The molecule has 1 aromatic heterocycles. The number of aldehydes is 1. The fraction of sp³-hybridized carbons (Fsp3) is 0.125. The lowest BCUT2D eigenvalue weighted by molar-refractivity contribution is 0.112. The van der Waals surface area contributed by atoms with Crippen LogP contribution in [-0.2, 0) is 13.7 Å².